The normalized spacial score (nSPS) is 23.5. The van der Waals surface area contributed by atoms with Gasteiger partial charge in [-0.1, -0.05) is 36.1 Å². The van der Waals surface area contributed by atoms with Gasteiger partial charge in [0.15, 0.2) is 0 Å². The van der Waals surface area contributed by atoms with E-state index in [1.165, 1.54) is 23.1 Å². The molecule has 3 nitrogen and oxygen atoms in total. The van der Waals surface area contributed by atoms with Crippen LogP contribution in [-0.4, -0.2) is 34.4 Å². The Morgan fingerprint density at radius 1 is 1.42 bits per heavy atom. The first-order valence-electron chi connectivity index (χ1n) is 7.39. The van der Waals surface area contributed by atoms with Crippen molar-refractivity contribution < 1.29 is 22.7 Å². The second-order valence-corrected chi connectivity index (χ2v) is 7.23. The summed E-state index contributed by atoms with van der Waals surface area (Å²) in [6, 6.07) is 4.87. The minimum Gasteiger partial charge on any atom is -0.376 e. The van der Waals surface area contributed by atoms with E-state index >= 15 is 0 Å². The van der Waals surface area contributed by atoms with Crippen LogP contribution in [0.4, 0.5) is 13.2 Å². The zero-order valence-corrected chi connectivity index (χ0v) is 14.1. The minimum atomic E-state index is -4.41. The fourth-order valence-electron chi connectivity index (χ4n) is 2.61. The maximum absolute atomic E-state index is 12.8. The summed E-state index contributed by atoms with van der Waals surface area (Å²) in [5.41, 5.74) is -0.423. The lowest BCUT2D eigenvalue weighted by Gasteiger charge is -2.18. The number of hydrogen-bond acceptors (Lipinski definition) is 4. The van der Waals surface area contributed by atoms with Gasteiger partial charge in [0.05, 0.1) is 23.1 Å². The lowest BCUT2D eigenvalue weighted by atomic mass is 10.1. The number of amides is 1. The zero-order chi connectivity index (χ0) is 17.3. The lowest BCUT2D eigenvalue weighted by Crippen LogP contribution is -2.35. The molecule has 0 saturated carbocycles. The highest BCUT2D eigenvalue weighted by atomic mass is 32.2. The summed E-state index contributed by atoms with van der Waals surface area (Å²) >= 11 is 6.33. The van der Waals surface area contributed by atoms with Crippen LogP contribution >= 0.6 is 24.0 Å². The van der Waals surface area contributed by atoms with Crippen molar-refractivity contribution in [2.45, 2.75) is 25.1 Å². The SMILES string of the molecule is O=C1C(=Cc2cccc(C(F)(F)F)c2)SC(=S)N1CC1CCCO1. The number of thioether (sulfide) groups is 1. The van der Waals surface area contributed by atoms with Crippen molar-refractivity contribution in [3.05, 3.63) is 40.3 Å². The Labute approximate surface area is 146 Å². The molecule has 3 rings (SSSR count). The molecule has 0 bridgehead atoms. The number of halogens is 3. The summed E-state index contributed by atoms with van der Waals surface area (Å²) < 4.78 is 44.2. The highest BCUT2D eigenvalue weighted by Gasteiger charge is 2.35. The van der Waals surface area contributed by atoms with Gasteiger partial charge in [0.25, 0.3) is 5.91 Å². The average Bonchev–Trinajstić information content (AvgIpc) is 3.11. The lowest BCUT2D eigenvalue weighted by molar-refractivity contribution is -0.137. The van der Waals surface area contributed by atoms with Gasteiger partial charge >= 0.3 is 6.18 Å². The Bertz CT molecular complexity index is 697. The predicted octanol–water partition coefficient (Wildman–Crippen LogP) is 4.09. The standard InChI is InChI=1S/C16H14F3NO2S2/c17-16(18,19)11-4-1-3-10(7-11)8-13-14(21)20(15(23)24-13)9-12-5-2-6-22-12/h1,3-4,7-8,12H,2,5-6,9H2. The maximum Gasteiger partial charge on any atom is 0.416 e. The van der Waals surface area contributed by atoms with E-state index in [4.69, 9.17) is 17.0 Å². The van der Waals surface area contributed by atoms with Gasteiger partial charge in [0.2, 0.25) is 0 Å². The second kappa shape index (κ2) is 6.85. The number of ether oxygens (including phenoxy) is 1. The van der Waals surface area contributed by atoms with Gasteiger partial charge in [-0.05, 0) is 36.6 Å². The molecule has 2 aliphatic rings. The quantitative estimate of drug-likeness (QED) is 0.590. The number of nitrogens with zero attached hydrogens (tertiary/aromatic N) is 1. The van der Waals surface area contributed by atoms with Crippen LogP contribution in [0.1, 0.15) is 24.0 Å². The Balaban J connectivity index is 1.78. The molecule has 0 spiro atoms. The molecule has 8 heteroatoms. The number of benzene rings is 1. The van der Waals surface area contributed by atoms with Crippen molar-refractivity contribution in [3.8, 4) is 0 Å². The van der Waals surface area contributed by atoms with Gasteiger partial charge < -0.3 is 4.74 Å². The third-order valence-corrected chi connectivity index (χ3v) is 5.17. The van der Waals surface area contributed by atoms with Crippen LogP contribution in [0, 0.1) is 0 Å². The van der Waals surface area contributed by atoms with Gasteiger partial charge in [0.1, 0.15) is 4.32 Å². The van der Waals surface area contributed by atoms with Crippen molar-refractivity contribution in [1.29, 1.82) is 0 Å². The smallest absolute Gasteiger partial charge is 0.376 e. The Hall–Kier alpha value is -1.38. The summed E-state index contributed by atoms with van der Waals surface area (Å²) in [5.74, 6) is -0.280. The summed E-state index contributed by atoms with van der Waals surface area (Å²) in [7, 11) is 0. The van der Waals surface area contributed by atoms with Gasteiger partial charge in [-0.15, -0.1) is 0 Å². The van der Waals surface area contributed by atoms with Crippen LogP contribution < -0.4 is 0 Å². The summed E-state index contributed by atoms with van der Waals surface area (Å²) in [6.45, 7) is 1.07. The first kappa shape index (κ1) is 17.4. The monoisotopic (exact) mass is 373 g/mol. The number of rotatable bonds is 3. The maximum atomic E-state index is 12.8. The highest BCUT2D eigenvalue weighted by Crippen LogP contribution is 2.35. The molecule has 2 aliphatic heterocycles. The molecule has 2 fully saturated rings. The third-order valence-electron chi connectivity index (χ3n) is 3.80. The molecule has 0 aromatic heterocycles. The summed E-state index contributed by atoms with van der Waals surface area (Å²) in [4.78, 5) is 14.3. The molecule has 1 atom stereocenters. The van der Waals surface area contributed by atoms with Gasteiger partial charge in [-0.25, -0.2) is 0 Å². The average molecular weight is 373 g/mol. The largest absolute Gasteiger partial charge is 0.416 e. The molecule has 1 amide bonds. The van der Waals surface area contributed by atoms with Crippen molar-refractivity contribution in [3.63, 3.8) is 0 Å². The first-order chi connectivity index (χ1) is 11.3. The number of thiocarbonyl (C=S) groups is 1. The Morgan fingerprint density at radius 2 is 2.21 bits per heavy atom. The van der Waals surface area contributed by atoms with Crippen molar-refractivity contribution in [2.24, 2.45) is 0 Å². The van der Waals surface area contributed by atoms with E-state index in [9.17, 15) is 18.0 Å². The first-order valence-corrected chi connectivity index (χ1v) is 8.61. The van der Waals surface area contributed by atoms with Crippen molar-refractivity contribution >= 4 is 40.3 Å². The highest BCUT2D eigenvalue weighted by molar-refractivity contribution is 8.26. The minimum absolute atomic E-state index is 0.0274. The zero-order valence-electron chi connectivity index (χ0n) is 12.5. The number of alkyl halides is 3. The molecular weight excluding hydrogens is 359 g/mol. The summed E-state index contributed by atoms with van der Waals surface area (Å²) in [6.07, 6.45) is -1.16. The van der Waals surface area contributed by atoms with Crippen LogP contribution in [-0.2, 0) is 15.7 Å². The molecule has 1 aromatic carbocycles. The molecule has 2 heterocycles. The molecule has 1 aromatic rings. The van der Waals surface area contributed by atoms with E-state index in [2.05, 4.69) is 0 Å². The van der Waals surface area contributed by atoms with Crippen LogP contribution in [0.5, 0.6) is 0 Å². The summed E-state index contributed by atoms with van der Waals surface area (Å²) in [5, 5.41) is 0. The van der Waals surface area contributed by atoms with Crippen LogP contribution in [0.15, 0.2) is 29.2 Å². The number of carbonyl (C=O) groups excluding carboxylic acids is 1. The van der Waals surface area contributed by atoms with Crippen LogP contribution in [0.25, 0.3) is 6.08 Å². The molecule has 2 saturated heterocycles. The van der Waals surface area contributed by atoms with Crippen LogP contribution in [0.3, 0.4) is 0 Å². The van der Waals surface area contributed by atoms with Gasteiger partial charge in [0, 0.05) is 6.61 Å². The van der Waals surface area contributed by atoms with E-state index in [-0.39, 0.29) is 12.0 Å². The molecule has 1 unspecified atom stereocenters. The topological polar surface area (TPSA) is 29.5 Å². The van der Waals surface area contributed by atoms with Crippen molar-refractivity contribution in [1.82, 2.24) is 4.90 Å². The van der Waals surface area contributed by atoms with Crippen LogP contribution in [0.2, 0.25) is 0 Å². The van der Waals surface area contributed by atoms with E-state index in [1.807, 2.05) is 0 Å². The number of carbonyl (C=O) groups is 1. The fraction of sp³-hybridized carbons (Fsp3) is 0.375. The number of hydrogen-bond donors (Lipinski definition) is 0. The van der Waals surface area contributed by atoms with Gasteiger partial charge in [-0.2, -0.15) is 13.2 Å². The molecular formula is C16H14F3NO2S2. The van der Waals surface area contributed by atoms with E-state index < -0.39 is 11.7 Å². The van der Waals surface area contributed by atoms with Gasteiger partial charge in [-0.3, -0.25) is 9.69 Å². The molecule has 0 N–H and O–H groups in total. The molecule has 128 valence electrons. The fourth-order valence-corrected chi connectivity index (χ4v) is 3.88. The molecule has 0 aliphatic carbocycles. The van der Waals surface area contributed by atoms with E-state index in [0.29, 0.717) is 27.9 Å². The molecule has 0 radical (unpaired) electrons. The predicted molar refractivity (Wildman–Crippen MR) is 90.3 cm³/mol. The second-order valence-electron chi connectivity index (χ2n) is 5.55. The third kappa shape index (κ3) is 3.81. The van der Waals surface area contributed by atoms with E-state index in [0.717, 1.165) is 36.7 Å². The molecule has 24 heavy (non-hydrogen) atoms. The van der Waals surface area contributed by atoms with E-state index in [1.54, 1.807) is 0 Å². The Kier molecular flexibility index (Phi) is 4.98. The van der Waals surface area contributed by atoms with Crippen molar-refractivity contribution in [2.75, 3.05) is 13.2 Å². The Morgan fingerprint density at radius 3 is 2.88 bits per heavy atom.